The highest BCUT2D eigenvalue weighted by atomic mass is 16.5. The van der Waals surface area contributed by atoms with Crippen LogP contribution in [0, 0.1) is 6.92 Å². The Morgan fingerprint density at radius 2 is 1.67 bits per heavy atom. The number of esters is 1. The number of benzene rings is 3. The third-order valence-electron chi connectivity index (χ3n) is 5.78. The fourth-order valence-electron chi connectivity index (χ4n) is 4.01. The number of hydrogen-bond acceptors (Lipinski definition) is 5. The largest absolute Gasteiger partial charge is 0.497 e. The number of aryl methyl sites for hydroxylation is 1. The maximum atomic E-state index is 13.5. The molecule has 1 aromatic heterocycles. The van der Waals surface area contributed by atoms with Gasteiger partial charge in [-0.3, -0.25) is 4.79 Å². The van der Waals surface area contributed by atoms with E-state index in [0.717, 1.165) is 27.6 Å². The predicted octanol–water partition coefficient (Wildman–Crippen LogP) is 4.83. The van der Waals surface area contributed by atoms with Crippen molar-refractivity contribution in [1.82, 2.24) is 4.57 Å². The van der Waals surface area contributed by atoms with E-state index in [9.17, 15) is 9.59 Å². The molecule has 0 bridgehead atoms. The van der Waals surface area contributed by atoms with Crippen LogP contribution in [-0.4, -0.2) is 31.9 Å². The molecule has 33 heavy (non-hydrogen) atoms. The average Bonchev–Trinajstić information content (AvgIpc) is 2.85. The number of pyridine rings is 1. The van der Waals surface area contributed by atoms with Gasteiger partial charge in [-0.05, 0) is 47.7 Å². The van der Waals surface area contributed by atoms with Crippen LogP contribution in [-0.2, 0) is 11.3 Å². The number of carbonyl (C=O) groups excluding carboxylic acids is 1. The van der Waals surface area contributed by atoms with Crippen molar-refractivity contribution < 1.29 is 19.0 Å². The number of carbonyl (C=O) groups is 1. The van der Waals surface area contributed by atoms with Gasteiger partial charge in [0.15, 0.2) is 0 Å². The maximum absolute atomic E-state index is 13.5. The normalized spacial score (nSPS) is 10.8. The molecule has 0 saturated heterocycles. The predicted molar refractivity (Wildman–Crippen MR) is 128 cm³/mol. The van der Waals surface area contributed by atoms with Gasteiger partial charge in [0.1, 0.15) is 11.5 Å². The van der Waals surface area contributed by atoms with Gasteiger partial charge in [-0.1, -0.05) is 30.3 Å². The molecule has 0 unspecified atom stereocenters. The molecule has 4 aromatic rings. The van der Waals surface area contributed by atoms with Gasteiger partial charge in [0.05, 0.1) is 33.4 Å². The second-order valence-electron chi connectivity index (χ2n) is 7.72. The minimum absolute atomic E-state index is 0.203. The number of fused-ring (bicyclic) bond motifs is 1. The highest BCUT2D eigenvalue weighted by molar-refractivity contribution is 6.01. The average molecular weight is 443 g/mol. The first-order valence-corrected chi connectivity index (χ1v) is 10.5. The lowest BCUT2D eigenvalue weighted by atomic mass is 9.96. The summed E-state index contributed by atoms with van der Waals surface area (Å²) in [5.74, 6) is 0.813. The molecule has 0 spiro atoms. The fourth-order valence-corrected chi connectivity index (χ4v) is 4.01. The number of hydrogen-bond donors (Lipinski definition) is 0. The van der Waals surface area contributed by atoms with Gasteiger partial charge in [-0.15, -0.1) is 0 Å². The van der Waals surface area contributed by atoms with Crippen LogP contribution >= 0.6 is 0 Å². The van der Waals surface area contributed by atoms with Gasteiger partial charge in [0.25, 0.3) is 5.56 Å². The summed E-state index contributed by atoms with van der Waals surface area (Å²) in [7, 11) is 4.50. The number of aromatic nitrogens is 1. The van der Waals surface area contributed by atoms with Crippen LogP contribution in [0.15, 0.2) is 71.7 Å². The number of nitrogens with zero attached hydrogens (tertiary/aromatic N) is 1. The third kappa shape index (κ3) is 4.20. The van der Waals surface area contributed by atoms with E-state index in [0.29, 0.717) is 29.0 Å². The lowest BCUT2D eigenvalue weighted by molar-refractivity contribution is 0.0601. The second-order valence-corrected chi connectivity index (χ2v) is 7.72. The lowest BCUT2D eigenvalue weighted by Crippen LogP contribution is -2.21. The summed E-state index contributed by atoms with van der Waals surface area (Å²) < 4.78 is 17.3. The van der Waals surface area contributed by atoms with Crippen molar-refractivity contribution in [3.05, 3.63) is 93.9 Å². The molecule has 6 nitrogen and oxygen atoms in total. The van der Waals surface area contributed by atoms with Crippen molar-refractivity contribution in [2.24, 2.45) is 0 Å². The Morgan fingerprint density at radius 3 is 2.36 bits per heavy atom. The maximum Gasteiger partial charge on any atom is 0.337 e. The molecule has 3 aromatic carbocycles. The van der Waals surface area contributed by atoms with Crippen molar-refractivity contribution in [2.75, 3.05) is 21.3 Å². The molecule has 0 aliphatic rings. The van der Waals surface area contributed by atoms with Crippen molar-refractivity contribution in [1.29, 1.82) is 0 Å². The zero-order valence-electron chi connectivity index (χ0n) is 19.0. The fraction of sp³-hybridized carbons (Fsp3) is 0.185. The Kier molecular flexibility index (Phi) is 6.18. The lowest BCUT2D eigenvalue weighted by Gasteiger charge is -2.16. The monoisotopic (exact) mass is 443 g/mol. The molecular weight excluding hydrogens is 418 g/mol. The van der Waals surface area contributed by atoms with E-state index >= 15 is 0 Å². The van der Waals surface area contributed by atoms with Gasteiger partial charge in [0, 0.05) is 28.8 Å². The highest BCUT2D eigenvalue weighted by Gasteiger charge is 2.16. The molecule has 0 N–H and O–H groups in total. The van der Waals surface area contributed by atoms with E-state index in [2.05, 4.69) is 0 Å². The van der Waals surface area contributed by atoms with Crippen LogP contribution < -0.4 is 15.0 Å². The molecule has 0 atom stereocenters. The van der Waals surface area contributed by atoms with Crippen LogP contribution in [0.25, 0.3) is 21.9 Å². The molecule has 0 aliphatic carbocycles. The van der Waals surface area contributed by atoms with Crippen molar-refractivity contribution in [3.63, 3.8) is 0 Å². The minimum atomic E-state index is -0.485. The Morgan fingerprint density at radius 1 is 0.879 bits per heavy atom. The van der Waals surface area contributed by atoms with E-state index in [1.54, 1.807) is 37.0 Å². The van der Waals surface area contributed by atoms with Crippen molar-refractivity contribution in [3.8, 4) is 22.6 Å². The molecule has 0 aliphatic heterocycles. The zero-order valence-corrected chi connectivity index (χ0v) is 19.0. The van der Waals surface area contributed by atoms with E-state index in [4.69, 9.17) is 14.2 Å². The molecular formula is C27H25NO5. The molecule has 0 amide bonds. The quantitative estimate of drug-likeness (QED) is 0.400. The van der Waals surface area contributed by atoms with E-state index < -0.39 is 5.97 Å². The zero-order chi connectivity index (χ0) is 23.5. The molecule has 1 heterocycles. The number of methoxy groups -OCH3 is 3. The first kappa shape index (κ1) is 22.1. The Bertz CT molecular complexity index is 1400. The smallest absolute Gasteiger partial charge is 0.337 e. The Hall–Kier alpha value is -4.06. The summed E-state index contributed by atoms with van der Waals surface area (Å²) >= 11 is 0. The van der Waals surface area contributed by atoms with Crippen molar-refractivity contribution in [2.45, 2.75) is 13.5 Å². The first-order valence-electron chi connectivity index (χ1n) is 10.5. The molecule has 0 fully saturated rings. The second kappa shape index (κ2) is 9.20. The van der Waals surface area contributed by atoms with Gasteiger partial charge in [-0.2, -0.15) is 0 Å². The molecule has 4 rings (SSSR count). The van der Waals surface area contributed by atoms with E-state index in [1.165, 1.54) is 7.11 Å². The van der Waals surface area contributed by atoms with Crippen molar-refractivity contribution >= 4 is 16.7 Å². The molecule has 6 heteroatoms. The SMILES string of the molecule is COC(=O)c1ccc2c(-c3ccccc3C)cn(Cc3ccc(OC)cc3OC)c(=O)c2c1. The van der Waals surface area contributed by atoms with Crippen LogP contribution in [0.4, 0.5) is 0 Å². The summed E-state index contributed by atoms with van der Waals surface area (Å²) in [4.78, 5) is 25.7. The van der Waals surface area contributed by atoms with E-state index in [-0.39, 0.29) is 5.56 Å². The van der Waals surface area contributed by atoms with E-state index in [1.807, 2.05) is 55.6 Å². The summed E-state index contributed by atoms with van der Waals surface area (Å²) in [5.41, 5.74) is 3.97. The molecule has 168 valence electrons. The van der Waals surface area contributed by atoms with Gasteiger partial charge < -0.3 is 18.8 Å². The summed E-state index contributed by atoms with van der Waals surface area (Å²) in [6, 6.07) is 18.6. The number of ether oxygens (including phenoxy) is 3. The van der Waals surface area contributed by atoms with Gasteiger partial charge in [0.2, 0.25) is 0 Å². The molecule has 0 radical (unpaired) electrons. The summed E-state index contributed by atoms with van der Waals surface area (Å²) in [6.45, 7) is 2.33. The summed E-state index contributed by atoms with van der Waals surface area (Å²) in [6.07, 6.45) is 1.87. The third-order valence-corrected chi connectivity index (χ3v) is 5.78. The van der Waals surface area contributed by atoms with Crippen LogP contribution in [0.3, 0.4) is 0 Å². The van der Waals surface area contributed by atoms with Crippen LogP contribution in [0.1, 0.15) is 21.5 Å². The Balaban J connectivity index is 1.96. The van der Waals surface area contributed by atoms with Crippen LogP contribution in [0.5, 0.6) is 11.5 Å². The van der Waals surface area contributed by atoms with Gasteiger partial charge >= 0.3 is 5.97 Å². The summed E-state index contributed by atoms with van der Waals surface area (Å²) in [5, 5.41) is 1.23. The highest BCUT2D eigenvalue weighted by Crippen LogP contribution is 2.31. The van der Waals surface area contributed by atoms with Crippen LogP contribution in [0.2, 0.25) is 0 Å². The van der Waals surface area contributed by atoms with Gasteiger partial charge in [-0.25, -0.2) is 4.79 Å². The standard InChI is InChI=1S/C27H25NO5/c1-17-7-5-6-8-21(17)24-16-28(15-19-9-11-20(31-2)14-25(19)32-3)26(29)23-13-18(27(30)33-4)10-12-22(23)24/h5-14,16H,15H2,1-4H3. The number of rotatable bonds is 6. The first-order chi connectivity index (χ1) is 16.0. The minimum Gasteiger partial charge on any atom is -0.497 e. The molecule has 0 saturated carbocycles. The Labute approximate surface area is 192 Å². The topological polar surface area (TPSA) is 66.8 Å².